The summed E-state index contributed by atoms with van der Waals surface area (Å²) in [6, 6.07) is 5.61. The number of hydrogen-bond acceptors (Lipinski definition) is 1. The van der Waals surface area contributed by atoms with E-state index in [0.717, 1.165) is 18.4 Å². The van der Waals surface area contributed by atoms with Gasteiger partial charge in [-0.1, -0.05) is 36.2 Å². The van der Waals surface area contributed by atoms with Crippen molar-refractivity contribution >= 4 is 35.2 Å². The molecule has 2 nitrogen and oxygen atoms in total. The van der Waals surface area contributed by atoms with Gasteiger partial charge < -0.3 is 5.32 Å². The van der Waals surface area contributed by atoms with E-state index in [2.05, 4.69) is 12.2 Å². The van der Waals surface area contributed by atoms with Crippen molar-refractivity contribution in [1.82, 2.24) is 5.32 Å². The Morgan fingerprint density at radius 3 is 2.74 bits per heavy atom. The molecule has 1 saturated carbocycles. The van der Waals surface area contributed by atoms with Gasteiger partial charge in [0.05, 0.1) is 10.0 Å². The molecule has 0 saturated heterocycles. The van der Waals surface area contributed by atoms with E-state index in [0.29, 0.717) is 22.0 Å². The van der Waals surface area contributed by atoms with Crippen LogP contribution >= 0.6 is 23.2 Å². The minimum absolute atomic E-state index is 0.0508. The van der Waals surface area contributed by atoms with E-state index in [-0.39, 0.29) is 5.91 Å². The highest BCUT2D eigenvalue weighted by molar-refractivity contribution is 6.42. The van der Waals surface area contributed by atoms with Gasteiger partial charge in [0, 0.05) is 12.1 Å². The van der Waals surface area contributed by atoms with Gasteiger partial charge in [-0.3, -0.25) is 4.79 Å². The van der Waals surface area contributed by atoms with Gasteiger partial charge in [0.25, 0.3) is 0 Å². The number of carbonyl (C=O) groups is 1. The summed E-state index contributed by atoms with van der Waals surface area (Å²) in [5, 5.41) is 4.03. The zero-order chi connectivity index (χ0) is 13.8. The minimum atomic E-state index is -0.0508. The molecule has 0 aliphatic heterocycles. The first-order chi connectivity index (χ1) is 9.04. The third-order valence-corrected chi connectivity index (χ3v) is 4.15. The molecule has 1 N–H and O–H groups in total. The van der Waals surface area contributed by atoms with E-state index in [9.17, 15) is 4.79 Å². The van der Waals surface area contributed by atoms with Crippen molar-refractivity contribution in [1.29, 1.82) is 0 Å². The van der Waals surface area contributed by atoms with Gasteiger partial charge in [0.2, 0.25) is 5.91 Å². The lowest BCUT2D eigenvalue weighted by Crippen LogP contribution is -2.31. The van der Waals surface area contributed by atoms with Crippen LogP contribution in [-0.4, -0.2) is 11.9 Å². The summed E-state index contributed by atoms with van der Waals surface area (Å²) >= 11 is 11.8. The molecular formula is C15H17Cl2NO. The SMILES string of the molecule is CC1CCC(NC(=O)/C=C/c2ccc(Cl)c(Cl)c2)C1. The maximum Gasteiger partial charge on any atom is 0.244 e. The second-order valence-corrected chi connectivity index (χ2v) is 5.95. The molecule has 1 amide bonds. The molecule has 1 aromatic rings. The lowest BCUT2D eigenvalue weighted by atomic mass is 10.1. The number of hydrogen-bond donors (Lipinski definition) is 1. The van der Waals surface area contributed by atoms with Gasteiger partial charge >= 0.3 is 0 Å². The first-order valence-corrected chi connectivity index (χ1v) is 7.24. The van der Waals surface area contributed by atoms with E-state index in [4.69, 9.17) is 23.2 Å². The maximum atomic E-state index is 11.8. The molecule has 1 fully saturated rings. The van der Waals surface area contributed by atoms with Gasteiger partial charge in [-0.05, 0) is 49.0 Å². The molecule has 1 aliphatic rings. The average molecular weight is 298 g/mol. The first-order valence-electron chi connectivity index (χ1n) is 6.48. The van der Waals surface area contributed by atoms with Crippen molar-refractivity contribution in [3.63, 3.8) is 0 Å². The quantitative estimate of drug-likeness (QED) is 0.828. The monoisotopic (exact) mass is 297 g/mol. The van der Waals surface area contributed by atoms with Crippen LogP contribution in [-0.2, 0) is 4.79 Å². The Bertz CT molecular complexity index is 499. The molecule has 2 rings (SSSR count). The topological polar surface area (TPSA) is 29.1 Å². The lowest BCUT2D eigenvalue weighted by molar-refractivity contribution is -0.117. The van der Waals surface area contributed by atoms with Crippen molar-refractivity contribution < 1.29 is 4.79 Å². The number of halogens is 2. The standard InChI is InChI=1S/C15H17Cl2NO/c1-10-2-5-12(8-10)18-15(19)7-4-11-3-6-13(16)14(17)9-11/h3-4,6-7,9-10,12H,2,5,8H2,1H3,(H,18,19)/b7-4+. The minimum Gasteiger partial charge on any atom is -0.350 e. The molecular weight excluding hydrogens is 281 g/mol. The molecule has 0 heterocycles. The molecule has 0 bridgehead atoms. The van der Waals surface area contributed by atoms with Crippen LogP contribution in [0.5, 0.6) is 0 Å². The number of nitrogens with one attached hydrogen (secondary N) is 1. The number of carbonyl (C=O) groups excluding carboxylic acids is 1. The molecule has 19 heavy (non-hydrogen) atoms. The Balaban J connectivity index is 1.90. The van der Waals surface area contributed by atoms with Crippen LogP contribution in [0.4, 0.5) is 0 Å². The first kappa shape index (κ1) is 14.4. The number of amides is 1. The summed E-state index contributed by atoms with van der Waals surface area (Å²) < 4.78 is 0. The molecule has 1 aliphatic carbocycles. The fraction of sp³-hybridized carbons (Fsp3) is 0.400. The molecule has 2 atom stereocenters. The molecule has 4 heteroatoms. The average Bonchev–Trinajstić information content (AvgIpc) is 2.76. The summed E-state index contributed by atoms with van der Waals surface area (Å²) in [5.74, 6) is 0.662. The van der Waals surface area contributed by atoms with Crippen LogP contribution in [0, 0.1) is 5.92 Å². The Kier molecular flexibility index (Phi) is 4.89. The Hall–Kier alpha value is -0.990. The van der Waals surface area contributed by atoms with Gasteiger partial charge in [-0.25, -0.2) is 0 Å². The van der Waals surface area contributed by atoms with Crippen molar-refractivity contribution in [2.45, 2.75) is 32.2 Å². The molecule has 0 aromatic heterocycles. The summed E-state index contributed by atoms with van der Waals surface area (Å²) in [7, 11) is 0. The van der Waals surface area contributed by atoms with Crippen molar-refractivity contribution in [2.24, 2.45) is 5.92 Å². The fourth-order valence-corrected chi connectivity index (χ4v) is 2.68. The largest absolute Gasteiger partial charge is 0.350 e. The van der Waals surface area contributed by atoms with Crippen LogP contribution in [0.25, 0.3) is 6.08 Å². The zero-order valence-electron chi connectivity index (χ0n) is 10.8. The molecule has 1 aromatic carbocycles. The number of rotatable bonds is 3. The highest BCUT2D eigenvalue weighted by Crippen LogP contribution is 2.25. The second kappa shape index (κ2) is 6.44. The van der Waals surface area contributed by atoms with Crippen molar-refractivity contribution in [3.05, 3.63) is 39.9 Å². The smallest absolute Gasteiger partial charge is 0.244 e. The van der Waals surface area contributed by atoms with E-state index in [1.807, 2.05) is 6.07 Å². The highest BCUT2D eigenvalue weighted by atomic mass is 35.5. The lowest BCUT2D eigenvalue weighted by Gasteiger charge is -2.10. The summed E-state index contributed by atoms with van der Waals surface area (Å²) in [6.07, 6.45) is 6.64. The summed E-state index contributed by atoms with van der Waals surface area (Å²) in [6.45, 7) is 2.22. The second-order valence-electron chi connectivity index (χ2n) is 5.13. The van der Waals surface area contributed by atoms with Crippen LogP contribution in [0.15, 0.2) is 24.3 Å². The Morgan fingerprint density at radius 1 is 1.32 bits per heavy atom. The Labute approximate surface area is 123 Å². The van der Waals surface area contributed by atoms with Crippen LogP contribution in [0.2, 0.25) is 10.0 Å². The Morgan fingerprint density at radius 2 is 2.11 bits per heavy atom. The highest BCUT2D eigenvalue weighted by Gasteiger charge is 2.21. The van der Waals surface area contributed by atoms with Crippen molar-refractivity contribution in [2.75, 3.05) is 0 Å². The predicted molar refractivity (Wildman–Crippen MR) is 80.4 cm³/mol. The van der Waals surface area contributed by atoms with E-state index < -0.39 is 0 Å². The van der Waals surface area contributed by atoms with Crippen molar-refractivity contribution in [3.8, 4) is 0 Å². The van der Waals surface area contributed by atoms with Crippen LogP contribution < -0.4 is 5.32 Å². The van der Waals surface area contributed by atoms with Crippen LogP contribution in [0.3, 0.4) is 0 Å². The molecule has 0 spiro atoms. The van der Waals surface area contributed by atoms with Gasteiger partial charge in [0.1, 0.15) is 0 Å². The van der Waals surface area contributed by atoms with Gasteiger partial charge in [-0.2, -0.15) is 0 Å². The maximum absolute atomic E-state index is 11.8. The summed E-state index contributed by atoms with van der Waals surface area (Å²) in [5.41, 5.74) is 0.865. The van der Waals surface area contributed by atoms with E-state index >= 15 is 0 Å². The van der Waals surface area contributed by atoms with Gasteiger partial charge in [-0.15, -0.1) is 0 Å². The third kappa shape index (κ3) is 4.26. The zero-order valence-corrected chi connectivity index (χ0v) is 12.3. The third-order valence-electron chi connectivity index (χ3n) is 3.41. The molecule has 2 unspecified atom stereocenters. The normalized spacial score (nSPS) is 22.9. The van der Waals surface area contributed by atoms with Crippen LogP contribution in [0.1, 0.15) is 31.7 Å². The van der Waals surface area contributed by atoms with Gasteiger partial charge in [0.15, 0.2) is 0 Å². The molecule has 102 valence electrons. The fourth-order valence-electron chi connectivity index (χ4n) is 2.38. The predicted octanol–water partition coefficient (Wildman–Crippen LogP) is 4.31. The summed E-state index contributed by atoms with van der Waals surface area (Å²) in [4.78, 5) is 11.8. The van der Waals surface area contributed by atoms with E-state index in [1.165, 1.54) is 6.42 Å². The number of benzene rings is 1. The van der Waals surface area contributed by atoms with E-state index in [1.54, 1.807) is 24.3 Å². The molecule has 0 radical (unpaired) electrons.